The molecule has 4 N–H and O–H groups in total. The number of aliphatic hydroxyl groups excluding tert-OH is 2. The summed E-state index contributed by atoms with van der Waals surface area (Å²) in [7, 11) is 0. The van der Waals surface area contributed by atoms with Gasteiger partial charge in [-0.05, 0) is 31.0 Å². The fourth-order valence-electron chi connectivity index (χ4n) is 5.00. The van der Waals surface area contributed by atoms with E-state index in [1.807, 2.05) is 0 Å². The van der Waals surface area contributed by atoms with Crippen LogP contribution in [0.3, 0.4) is 0 Å². The number of ether oxygens (including phenoxy) is 1. The number of amides is 1. The van der Waals surface area contributed by atoms with E-state index < -0.39 is 41.2 Å². The van der Waals surface area contributed by atoms with Crippen molar-refractivity contribution in [3.63, 3.8) is 0 Å². The molecule has 1 saturated carbocycles. The molecule has 1 aromatic carbocycles. The van der Waals surface area contributed by atoms with Crippen molar-refractivity contribution in [1.29, 1.82) is 0 Å². The molecule has 1 aliphatic heterocycles. The smallest absolute Gasteiger partial charge is 0.285 e. The summed E-state index contributed by atoms with van der Waals surface area (Å²) in [5.74, 6) is -2.03. The number of aromatic nitrogens is 3. The van der Waals surface area contributed by atoms with Crippen LogP contribution in [-0.2, 0) is 4.74 Å². The van der Waals surface area contributed by atoms with Crippen LogP contribution < -0.4 is 11.3 Å². The zero-order valence-electron chi connectivity index (χ0n) is 18.0. The Morgan fingerprint density at radius 2 is 1.94 bits per heavy atom. The van der Waals surface area contributed by atoms with E-state index in [1.54, 1.807) is 12.1 Å². The molecule has 1 amide bonds. The number of para-hydroxylation sites is 1. The van der Waals surface area contributed by atoms with Crippen LogP contribution in [0.15, 0.2) is 53.6 Å². The van der Waals surface area contributed by atoms with Gasteiger partial charge in [0.25, 0.3) is 11.5 Å². The summed E-state index contributed by atoms with van der Waals surface area (Å²) in [5, 5.41) is 26.2. The average Bonchev–Trinajstić information content (AvgIpc) is 3.31. The minimum atomic E-state index is -1.39. The monoisotopic (exact) mass is 466 g/mol. The molecule has 2 fully saturated rings. The van der Waals surface area contributed by atoms with Crippen molar-refractivity contribution in [3.8, 4) is 16.8 Å². The highest BCUT2D eigenvalue weighted by molar-refractivity contribution is 6.00. The minimum absolute atomic E-state index is 0.0125. The van der Waals surface area contributed by atoms with E-state index in [4.69, 9.17) is 10.5 Å². The molecule has 176 valence electrons. The van der Waals surface area contributed by atoms with Crippen molar-refractivity contribution in [2.45, 2.75) is 43.7 Å². The number of carbonyl (C=O) groups excluding carboxylic acids is 1. The number of primary amides is 1. The van der Waals surface area contributed by atoms with Crippen LogP contribution >= 0.6 is 0 Å². The topological polar surface area (TPSA) is 141 Å². The molecule has 0 spiro atoms. The first-order chi connectivity index (χ1) is 16.4. The first-order valence-electron chi connectivity index (χ1n) is 11.0. The Morgan fingerprint density at radius 3 is 2.65 bits per heavy atom. The maximum absolute atomic E-state index is 14.7. The number of carbonyl (C=O) groups is 1. The highest BCUT2D eigenvalue weighted by Crippen LogP contribution is 2.44. The summed E-state index contributed by atoms with van der Waals surface area (Å²) in [6.07, 6.45) is 1.14. The quantitative estimate of drug-likeness (QED) is 0.529. The van der Waals surface area contributed by atoms with E-state index in [-0.39, 0.29) is 29.0 Å². The first-order valence-corrected chi connectivity index (χ1v) is 11.0. The summed E-state index contributed by atoms with van der Waals surface area (Å²) in [6, 6.07) is 8.67. The molecule has 5 rings (SSSR count). The number of hydrogen-bond acceptors (Lipinski definition) is 7. The second-order valence-electron chi connectivity index (χ2n) is 8.58. The molecule has 5 atom stereocenters. The summed E-state index contributed by atoms with van der Waals surface area (Å²) in [5.41, 5.74) is 4.43. The Labute approximate surface area is 193 Å². The molecule has 2 aromatic heterocycles. The number of hydrogen-bond donors (Lipinski definition) is 3. The number of benzene rings is 1. The minimum Gasteiger partial charge on any atom is -0.390 e. The molecule has 0 radical (unpaired) electrons. The Balaban J connectivity index is 1.81. The normalized spacial score (nSPS) is 26.3. The van der Waals surface area contributed by atoms with Crippen molar-refractivity contribution in [2.24, 2.45) is 11.7 Å². The number of pyridine rings is 1. The molecular weight excluding hydrogens is 443 g/mol. The molecule has 9 nitrogen and oxygen atoms in total. The van der Waals surface area contributed by atoms with Gasteiger partial charge in [-0.25, -0.2) is 4.39 Å². The molecule has 3 aromatic rings. The van der Waals surface area contributed by atoms with E-state index >= 15 is 0 Å². The SMILES string of the molecule is NC(=O)c1c(-c2cccnc2)c(C2OC3CCCC3C(O)C2O)nn(-c2ccccc2F)c1=O. The van der Waals surface area contributed by atoms with Gasteiger partial charge in [-0.15, -0.1) is 0 Å². The van der Waals surface area contributed by atoms with Gasteiger partial charge < -0.3 is 20.7 Å². The Hall–Kier alpha value is -3.47. The van der Waals surface area contributed by atoms with Gasteiger partial charge in [-0.2, -0.15) is 9.78 Å². The van der Waals surface area contributed by atoms with Gasteiger partial charge in [0, 0.05) is 29.4 Å². The van der Waals surface area contributed by atoms with Gasteiger partial charge in [0.1, 0.15) is 35.0 Å². The number of fused-ring (bicyclic) bond motifs is 1. The first kappa shape index (κ1) is 22.3. The molecule has 10 heteroatoms. The van der Waals surface area contributed by atoms with Gasteiger partial charge >= 0.3 is 0 Å². The zero-order valence-corrected chi connectivity index (χ0v) is 18.0. The molecule has 34 heavy (non-hydrogen) atoms. The molecule has 3 heterocycles. The van der Waals surface area contributed by atoms with Crippen LogP contribution in [0, 0.1) is 11.7 Å². The van der Waals surface area contributed by atoms with Crippen molar-refractivity contribution >= 4 is 5.91 Å². The Bertz CT molecular complexity index is 1300. The Morgan fingerprint density at radius 1 is 1.15 bits per heavy atom. The second kappa shape index (κ2) is 8.71. The lowest BCUT2D eigenvalue weighted by Gasteiger charge is -2.40. The van der Waals surface area contributed by atoms with Crippen LogP contribution in [0.1, 0.15) is 41.4 Å². The number of aliphatic hydroxyl groups is 2. The van der Waals surface area contributed by atoms with Crippen molar-refractivity contribution in [3.05, 3.63) is 76.2 Å². The average molecular weight is 466 g/mol. The lowest BCUT2D eigenvalue weighted by molar-refractivity contribution is -0.194. The lowest BCUT2D eigenvalue weighted by Crippen LogP contribution is -2.49. The molecule has 1 saturated heterocycles. The maximum Gasteiger partial charge on any atom is 0.285 e. The van der Waals surface area contributed by atoms with Gasteiger partial charge in [0.2, 0.25) is 0 Å². The van der Waals surface area contributed by atoms with Gasteiger partial charge in [-0.3, -0.25) is 14.6 Å². The molecule has 5 unspecified atom stereocenters. The van der Waals surface area contributed by atoms with Gasteiger partial charge in [0.05, 0.1) is 12.2 Å². The number of rotatable bonds is 4. The third kappa shape index (κ3) is 3.60. The third-order valence-electron chi connectivity index (χ3n) is 6.59. The third-order valence-corrected chi connectivity index (χ3v) is 6.59. The number of nitrogens with zero attached hydrogens (tertiary/aromatic N) is 3. The highest BCUT2D eigenvalue weighted by atomic mass is 19.1. The molecule has 2 aliphatic rings. The van der Waals surface area contributed by atoms with E-state index in [0.717, 1.165) is 17.2 Å². The van der Waals surface area contributed by atoms with Crippen molar-refractivity contribution < 1.29 is 24.1 Å². The molecule has 0 bridgehead atoms. The van der Waals surface area contributed by atoms with Crippen molar-refractivity contribution in [1.82, 2.24) is 14.8 Å². The van der Waals surface area contributed by atoms with Crippen LogP contribution in [0.2, 0.25) is 0 Å². The summed E-state index contributed by atoms with van der Waals surface area (Å²) >= 11 is 0. The number of halogens is 1. The predicted octanol–water partition coefficient (Wildman–Crippen LogP) is 1.49. The standard InChI is InChI=1S/C24H23FN4O5/c25-14-7-1-2-8-15(14)29-24(33)18(23(26)32)17(12-5-4-10-27-11-12)19(28-29)22-21(31)20(30)13-6-3-9-16(13)34-22/h1-2,4-5,7-8,10-11,13,16,20-22,30-31H,3,6,9H2,(H2,26,32). The Kier molecular flexibility index (Phi) is 5.72. The van der Waals surface area contributed by atoms with E-state index in [1.165, 1.54) is 30.6 Å². The predicted molar refractivity (Wildman–Crippen MR) is 119 cm³/mol. The molecule has 1 aliphatic carbocycles. The van der Waals surface area contributed by atoms with Crippen LogP contribution in [-0.4, -0.2) is 49.2 Å². The fraction of sp³-hybridized carbons (Fsp3) is 0.333. The van der Waals surface area contributed by atoms with Gasteiger partial charge in [0.15, 0.2) is 0 Å². The van der Waals surface area contributed by atoms with Crippen LogP contribution in [0.25, 0.3) is 16.8 Å². The van der Waals surface area contributed by atoms with Crippen LogP contribution in [0.4, 0.5) is 4.39 Å². The van der Waals surface area contributed by atoms with E-state index in [0.29, 0.717) is 18.4 Å². The number of nitrogens with two attached hydrogens (primary N) is 1. The summed E-state index contributed by atoms with van der Waals surface area (Å²) < 4.78 is 21.6. The highest BCUT2D eigenvalue weighted by Gasteiger charge is 2.48. The van der Waals surface area contributed by atoms with Crippen molar-refractivity contribution in [2.75, 3.05) is 0 Å². The van der Waals surface area contributed by atoms with Gasteiger partial charge in [-0.1, -0.05) is 24.6 Å². The fourth-order valence-corrected chi connectivity index (χ4v) is 5.00. The summed E-state index contributed by atoms with van der Waals surface area (Å²) in [4.78, 5) is 30.0. The molecular formula is C24H23FN4O5. The maximum atomic E-state index is 14.7. The van der Waals surface area contributed by atoms with Crippen LogP contribution in [0.5, 0.6) is 0 Å². The van der Waals surface area contributed by atoms with E-state index in [2.05, 4.69) is 10.1 Å². The zero-order chi connectivity index (χ0) is 24.0. The van der Waals surface area contributed by atoms with E-state index in [9.17, 15) is 24.2 Å². The summed E-state index contributed by atoms with van der Waals surface area (Å²) in [6.45, 7) is 0. The second-order valence-corrected chi connectivity index (χ2v) is 8.58. The largest absolute Gasteiger partial charge is 0.390 e. The lowest BCUT2D eigenvalue weighted by atomic mass is 9.85.